The highest BCUT2D eigenvalue weighted by atomic mass is 32.2. The molecule has 5 aromatic rings. The number of halogens is 1. The highest BCUT2D eigenvalue weighted by Crippen LogP contribution is 2.54. The van der Waals surface area contributed by atoms with Crippen LogP contribution in [0.25, 0.3) is 10.4 Å². The fraction of sp³-hybridized carbons (Fsp3) is 0.275. The molecule has 50 heavy (non-hydrogen) atoms. The lowest BCUT2D eigenvalue weighted by molar-refractivity contribution is -0.141. The maximum atomic E-state index is 15.6. The van der Waals surface area contributed by atoms with Crippen LogP contribution in [0.2, 0.25) is 0 Å². The molecule has 0 aliphatic carbocycles. The van der Waals surface area contributed by atoms with Crippen molar-refractivity contribution in [2.75, 3.05) is 6.54 Å². The molecule has 258 valence electrons. The van der Waals surface area contributed by atoms with E-state index in [1.54, 1.807) is 16.8 Å². The number of aliphatic hydroxyl groups excluding tert-OH is 1. The van der Waals surface area contributed by atoms with Gasteiger partial charge in [0.25, 0.3) is 0 Å². The summed E-state index contributed by atoms with van der Waals surface area (Å²) in [7, 11) is 0. The van der Waals surface area contributed by atoms with Gasteiger partial charge >= 0.3 is 0 Å². The van der Waals surface area contributed by atoms with Crippen LogP contribution in [-0.4, -0.2) is 62.5 Å². The molecule has 10 heteroatoms. The molecule has 4 aromatic carbocycles. The minimum Gasteiger partial charge on any atom is -0.388 e. The van der Waals surface area contributed by atoms with E-state index in [9.17, 15) is 14.7 Å². The molecule has 2 heterocycles. The average molecular weight is 709 g/mol. The first-order valence-electron chi connectivity index (χ1n) is 16.5. The maximum absolute atomic E-state index is 15.6. The second-order valence-corrected chi connectivity index (χ2v) is 15.8. The quantitative estimate of drug-likeness (QED) is 0.136. The Labute approximate surface area is 300 Å². The third-order valence-corrected chi connectivity index (χ3v) is 12.1. The van der Waals surface area contributed by atoms with Crippen molar-refractivity contribution in [1.29, 1.82) is 0 Å². The van der Waals surface area contributed by atoms with E-state index >= 15 is 4.39 Å². The number of likely N-dealkylation sites (tertiary alicyclic amines) is 1. The Morgan fingerprint density at radius 2 is 1.46 bits per heavy atom. The Morgan fingerprint density at radius 3 is 1.94 bits per heavy atom. The number of nitrogens with one attached hydrogen (secondary N) is 1. The number of β-amino-alcohol motifs (C(OH)–C–C–N with tert-alkyl or cyclic N) is 1. The van der Waals surface area contributed by atoms with Gasteiger partial charge in [0.15, 0.2) is 6.17 Å². The van der Waals surface area contributed by atoms with Crippen molar-refractivity contribution >= 4 is 34.9 Å². The van der Waals surface area contributed by atoms with Crippen LogP contribution in [0, 0.1) is 6.92 Å². The third-order valence-electron chi connectivity index (χ3n) is 9.34. The van der Waals surface area contributed by atoms with Crippen LogP contribution in [-0.2, 0) is 20.9 Å². The summed E-state index contributed by atoms with van der Waals surface area (Å²) in [6.45, 7) is 5.54. The number of thioether (sulfide) groups is 1. The fourth-order valence-corrected chi connectivity index (χ4v) is 9.18. The Balaban J connectivity index is 1.25. The summed E-state index contributed by atoms with van der Waals surface area (Å²) in [5, 5.41) is 13.4. The van der Waals surface area contributed by atoms with Gasteiger partial charge in [-0.3, -0.25) is 9.59 Å². The van der Waals surface area contributed by atoms with Gasteiger partial charge in [-0.1, -0.05) is 115 Å². The van der Waals surface area contributed by atoms with Crippen LogP contribution >= 0.6 is 23.1 Å². The molecule has 7 nitrogen and oxygen atoms in total. The Morgan fingerprint density at radius 1 is 0.940 bits per heavy atom. The van der Waals surface area contributed by atoms with Gasteiger partial charge in [-0.05, 0) is 48.6 Å². The minimum absolute atomic E-state index is 0.128. The molecule has 1 fully saturated rings. The number of carbonyl (C=O) groups is 2. The zero-order chi connectivity index (χ0) is 35.5. The normalized spacial score (nSPS) is 18.5. The number of benzene rings is 4. The topological polar surface area (TPSA) is 109 Å². The van der Waals surface area contributed by atoms with Crippen molar-refractivity contribution in [3.63, 3.8) is 0 Å². The van der Waals surface area contributed by atoms with Gasteiger partial charge in [0, 0.05) is 11.3 Å². The SMILES string of the molecule is Cc1ncsc1-c1ccc(CNC(=O)[C@H]2[C@@H](F)[C@@H](O)CN2C(=O)C(N)C(C)(C)SC(c2ccccc2)(c2ccccc2)c2ccccc2)cc1. The first kappa shape index (κ1) is 35.5. The largest absolute Gasteiger partial charge is 0.388 e. The summed E-state index contributed by atoms with van der Waals surface area (Å²) in [6.07, 6.45) is -3.48. The number of nitrogens with zero attached hydrogens (tertiary/aromatic N) is 2. The molecule has 1 unspecified atom stereocenters. The predicted molar refractivity (Wildman–Crippen MR) is 199 cm³/mol. The van der Waals surface area contributed by atoms with E-state index < -0.39 is 45.7 Å². The second-order valence-electron chi connectivity index (χ2n) is 13.1. The zero-order valence-electron chi connectivity index (χ0n) is 28.2. The molecule has 4 atom stereocenters. The van der Waals surface area contributed by atoms with E-state index in [1.807, 2.05) is 99.6 Å². The average Bonchev–Trinajstić information content (AvgIpc) is 3.71. The van der Waals surface area contributed by atoms with Crippen LogP contribution in [0.5, 0.6) is 0 Å². The molecule has 6 rings (SSSR count). The third kappa shape index (κ3) is 6.98. The first-order valence-corrected chi connectivity index (χ1v) is 18.2. The van der Waals surface area contributed by atoms with Crippen molar-refractivity contribution in [1.82, 2.24) is 15.2 Å². The Bertz CT molecular complexity index is 1810. The van der Waals surface area contributed by atoms with Gasteiger partial charge in [-0.15, -0.1) is 23.1 Å². The monoisotopic (exact) mass is 708 g/mol. The van der Waals surface area contributed by atoms with Crippen LogP contribution in [0.4, 0.5) is 4.39 Å². The lowest BCUT2D eigenvalue weighted by Crippen LogP contribution is -2.58. The molecule has 0 saturated carbocycles. The van der Waals surface area contributed by atoms with Gasteiger partial charge in [0.1, 0.15) is 12.1 Å². The van der Waals surface area contributed by atoms with Gasteiger partial charge in [0.2, 0.25) is 11.8 Å². The highest BCUT2D eigenvalue weighted by Gasteiger charge is 2.52. The smallest absolute Gasteiger partial charge is 0.246 e. The maximum Gasteiger partial charge on any atom is 0.246 e. The minimum atomic E-state index is -1.96. The van der Waals surface area contributed by atoms with Crippen LogP contribution < -0.4 is 11.1 Å². The van der Waals surface area contributed by atoms with Crippen molar-refractivity contribution in [2.24, 2.45) is 5.73 Å². The summed E-state index contributed by atoms with van der Waals surface area (Å²) >= 11 is 3.09. The van der Waals surface area contributed by atoms with Gasteiger partial charge in [0.05, 0.1) is 33.4 Å². The van der Waals surface area contributed by atoms with Crippen molar-refractivity contribution < 1.29 is 19.1 Å². The fourth-order valence-electron chi connectivity index (χ4n) is 6.59. The highest BCUT2D eigenvalue weighted by molar-refractivity contribution is 8.02. The van der Waals surface area contributed by atoms with Gasteiger partial charge in [-0.2, -0.15) is 0 Å². The molecule has 0 spiro atoms. The van der Waals surface area contributed by atoms with Crippen LogP contribution in [0.15, 0.2) is 121 Å². The number of rotatable bonds is 11. The number of hydrogen-bond donors (Lipinski definition) is 3. The van der Waals surface area contributed by atoms with Crippen molar-refractivity contribution in [3.05, 3.63) is 149 Å². The standard InChI is InChI=1S/C40H41FN4O3S2/c1-26-35(49-25-44-26)28-21-19-27(20-22-28)23-43-37(47)34-33(41)32(46)24-45(34)38(48)36(42)39(2,3)50-40(29-13-7-4-8-14-29,30-15-9-5-10-16-30)31-17-11-6-12-18-31/h4-22,25,32-34,36,46H,23-24,42H2,1-3H3,(H,43,47)/t32-,33-,34+,36?/m0/s1. The zero-order valence-corrected chi connectivity index (χ0v) is 29.8. The van der Waals surface area contributed by atoms with Crippen LogP contribution in [0.1, 0.15) is 41.8 Å². The number of aromatic nitrogens is 1. The number of nitrogens with two attached hydrogens (primary N) is 1. The van der Waals surface area contributed by atoms with Gasteiger partial charge < -0.3 is 21.1 Å². The first-order chi connectivity index (χ1) is 24.0. The number of amides is 2. The van der Waals surface area contributed by atoms with Crippen molar-refractivity contribution in [2.45, 2.75) is 61.2 Å². The summed E-state index contributed by atoms with van der Waals surface area (Å²) < 4.78 is 13.8. The molecule has 2 amide bonds. The van der Waals surface area contributed by atoms with E-state index in [1.165, 1.54) is 11.8 Å². The molecule has 0 bridgehead atoms. The lowest BCUT2D eigenvalue weighted by Gasteiger charge is -2.44. The molecule has 1 aliphatic rings. The molecule has 0 radical (unpaired) electrons. The molecule has 1 aromatic heterocycles. The van der Waals surface area contributed by atoms with E-state index in [0.717, 1.165) is 43.3 Å². The number of hydrogen-bond acceptors (Lipinski definition) is 7. The predicted octanol–water partition coefficient (Wildman–Crippen LogP) is 6.48. The van der Waals surface area contributed by atoms with Gasteiger partial charge in [-0.25, -0.2) is 9.37 Å². The summed E-state index contributed by atoms with van der Waals surface area (Å²) in [4.78, 5) is 34.3. The molecule has 1 saturated heterocycles. The van der Waals surface area contributed by atoms with Crippen LogP contribution in [0.3, 0.4) is 0 Å². The Kier molecular flexibility index (Phi) is 10.5. The summed E-state index contributed by atoms with van der Waals surface area (Å²) in [5.74, 6) is -1.29. The van der Waals surface area contributed by atoms with E-state index in [-0.39, 0.29) is 13.1 Å². The number of thiazole rings is 1. The molecular weight excluding hydrogens is 668 g/mol. The van der Waals surface area contributed by atoms with E-state index in [0.29, 0.717) is 0 Å². The molecular formula is C40H41FN4O3S2. The van der Waals surface area contributed by atoms with E-state index in [4.69, 9.17) is 5.73 Å². The molecule has 4 N–H and O–H groups in total. The summed E-state index contributed by atoms with van der Waals surface area (Å²) in [6, 6.07) is 35.2. The van der Waals surface area contributed by atoms with E-state index in [2.05, 4.69) is 46.7 Å². The Hall–Kier alpha value is -4.35. The number of aliphatic hydroxyl groups is 1. The number of aryl methyl sites for hydroxylation is 1. The molecule has 1 aliphatic heterocycles. The second kappa shape index (κ2) is 14.9. The lowest BCUT2D eigenvalue weighted by atomic mass is 9.84. The summed E-state index contributed by atoms with van der Waals surface area (Å²) in [5.41, 5.74) is 14.4. The van der Waals surface area contributed by atoms with Crippen molar-refractivity contribution in [3.8, 4) is 10.4 Å². The number of carbonyl (C=O) groups excluding carboxylic acids is 2. The number of alkyl halides is 1.